The molecule has 0 aromatic heterocycles. The Bertz CT molecular complexity index is 1220. The van der Waals surface area contributed by atoms with Gasteiger partial charge in [-0.2, -0.15) is 0 Å². The van der Waals surface area contributed by atoms with E-state index in [2.05, 4.69) is 0 Å². The van der Waals surface area contributed by atoms with E-state index in [1.807, 2.05) is 12.1 Å². The fourth-order valence-electron chi connectivity index (χ4n) is 3.96. The monoisotopic (exact) mass is 463 g/mol. The van der Waals surface area contributed by atoms with Crippen molar-refractivity contribution < 1.29 is 24.5 Å². The van der Waals surface area contributed by atoms with Crippen LogP contribution in [-0.2, 0) is 16.0 Å². The molecule has 4 rings (SSSR count). The first kappa shape index (κ1) is 22.4. The zero-order valence-electron chi connectivity index (χ0n) is 17.9. The molecule has 1 heterocycles. The smallest absolute Gasteiger partial charge is 0.295 e. The van der Waals surface area contributed by atoms with Gasteiger partial charge in [0.2, 0.25) is 0 Å². The predicted molar refractivity (Wildman–Crippen MR) is 125 cm³/mol. The highest BCUT2D eigenvalue weighted by molar-refractivity contribution is 6.46. The summed E-state index contributed by atoms with van der Waals surface area (Å²) < 4.78 is 5.15. The molecule has 33 heavy (non-hydrogen) atoms. The fraction of sp³-hybridized carbons (Fsp3) is 0.154. The number of aliphatic hydroxyl groups is 1. The van der Waals surface area contributed by atoms with Crippen molar-refractivity contribution in [2.75, 3.05) is 13.7 Å². The highest BCUT2D eigenvalue weighted by Crippen LogP contribution is 2.40. The summed E-state index contributed by atoms with van der Waals surface area (Å²) >= 11 is 5.96. The number of ether oxygens (including phenoxy) is 1. The largest absolute Gasteiger partial charge is 0.508 e. The molecule has 0 aliphatic carbocycles. The van der Waals surface area contributed by atoms with Gasteiger partial charge in [0.05, 0.1) is 18.7 Å². The van der Waals surface area contributed by atoms with E-state index in [-0.39, 0.29) is 23.6 Å². The first-order chi connectivity index (χ1) is 15.9. The Morgan fingerprint density at radius 3 is 2.36 bits per heavy atom. The second-order valence-electron chi connectivity index (χ2n) is 7.69. The van der Waals surface area contributed by atoms with E-state index in [9.17, 15) is 19.8 Å². The number of phenols is 1. The quantitative estimate of drug-likeness (QED) is 0.314. The maximum Gasteiger partial charge on any atom is 0.295 e. The van der Waals surface area contributed by atoms with E-state index in [1.165, 1.54) is 24.1 Å². The molecule has 1 atom stereocenters. The van der Waals surface area contributed by atoms with Gasteiger partial charge in [-0.25, -0.2) is 0 Å². The molecule has 0 radical (unpaired) electrons. The van der Waals surface area contributed by atoms with Gasteiger partial charge in [-0.15, -0.1) is 0 Å². The summed E-state index contributed by atoms with van der Waals surface area (Å²) in [6, 6.07) is 19.3. The number of aromatic hydroxyl groups is 1. The summed E-state index contributed by atoms with van der Waals surface area (Å²) in [4.78, 5) is 27.5. The van der Waals surface area contributed by atoms with Gasteiger partial charge in [0.25, 0.3) is 11.7 Å². The normalized spacial score (nSPS) is 17.4. The average Bonchev–Trinajstić information content (AvgIpc) is 3.08. The van der Waals surface area contributed by atoms with Crippen LogP contribution < -0.4 is 4.74 Å². The van der Waals surface area contributed by atoms with Crippen molar-refractivity contribution in [1.82, 2.24) is 4.90 Å². The molecule has 7 heteroatoms. The maximum atomic E-state index is 13.1. The van der Waals surface area contributed by atoms with Crippen molar-refractivity contribution in [3.8, 4) is 11.5 Å². The van der Waals surface area contributed by atoms with Gasteiger partial charge in [-0.05, 0) is 66.1 Å². The first-order valence-corrected chi connectivity index (χ1v) is 10.7. The molecule has 0 spiro atoms. The van der Waals surface area contributed by atoms with Gasteiger partial charge in [0.1, 0.15) is 17.3 Å². The van der Waals surface area contributed by atoms with Crippen LogP contribution in [0.15, 0.2) is 78.4 Å². The number of ketones is 1. The number of methoxy groups -OCH3 is 1. The van der Waals surface area contributed by atoms with Gasteiger partial charge in [-0.3, -0.25) is 9.59 Å². The van der Waals surface area contributed by atoms with Crippen molar-refractivity contribution in [3.63, 3.8) is 0 Å². The second-order valence-corrected chi connectivity index (χ2v) is 8.13. The number of aliphatic hydroxyl groups excluding tert-OH is 1. The molecule has 2 N–H and O–H groups in total. The summed E-state index contributed by atoms with van der Waals surface area (Å²) in [5, 5.41) is 21.7. The summed E-state index contributed by atoms with van der Waals surface area (Å²) in [6.07, 6.45) is 0.488. The van der Waals surface area contributed by atoms with E-state index >= 15 is 0 Å². The standard InChI is InChI=1S/C26H22ClNO5/c1-33-21-11-7-17(8-12-21)24(30)22-23(18-3-2-4-20(29)15-18)28(26(32)25(22)31)14-13-16-5-9-19(27)10-6-16/h2-12,15,23,29-30H,13-14H2,1H3/b24-22-. The van der Waals surface area contributed by atoms with Crippen LogP contribution in [0.3, 0.4) is 0 Å². The van der Waals surface area contributed by atoms with Crippen LogP contribution >= 0.6 is 11.6 Å². The summed E-state index contributed by atoms with van der Waals surface area (Å²) in [5.74, 6) is -1.15. The molecule has 1 saturated heterocycles. The molecule has 0 bridgehead atoms. The van der Waals surface area contributed by atoms with Crippen molar-refractivity contribution in [3.05, 3.63) is 100 Å². The molecule has 1 aliphatic rings. The fourth-order valence-corrected chi connectivity index (χ4v) is 4.08. The molecule has 6 nitrogen and oxygen atoms in total. The number of likely N-dealkylation sites (tertiary alicyclic amines) is 1. The van der Waals surface area contributed by atoms with Gasteiger partial charge in [-0.1, -0.05) is 35.9 Å². The topological polar surface area (TPSA) is 87.1 Å². The molecule has 168 valence electrons. The Morgan fingerprint density at radius 2 is 1.73 bits per heavy atom. The number of hydrogen-bond donors (Lipinski definition) is 2. The first-order valence-electron chi connectivity index (χ1n) is 10.3. The Labute approximate surface area is 196 Å². The molecule has 1 aliphatic heterocycles. The van der Waals surface area contributed by atoms with E-state index < -0.39 is 17.7 Å². The molecule has 0 saturated carbocycles. The third-order valence-corrected chi connectivity index (χ3v) is 5.90. The number of benzene rings is 3. The lowest BCUT2D eigenvalue weighted by atomic mass is 9.95. The number of carbonyl (C=O) groups excluding carboxylic acids is 2. The third kappa shape index (κ3) is 4.56. The van der Waals surface area contributed by atoms with Crippen LogP contribution in [0.2, 0.25) is 5.02 Å². The van der Waals surface area contributed by atoms with Crippen molar-refractivity contribution in [2.24, 2.45) is 0 Å². The number of carbonyl (C=O) groups is 2. The molecular weight excluding hydrogens is 442 g/mol. The molecule has 1 amide bonds. The number of halogens is 1. The van der Waals surface area contributed by atoms with Crippen LogP contribution in [0, 0.1) is 0 Å². The molecule has 1 unspecified atom stereocenters. The third-order valence-electron chi connectivity index (χ3n) is 5.64. The van der Waals surface area contributed by atoms with E-state index in [0.717, 1.165) is 5.56 Å². The molecule has 3 aromatic rings. The summed E-state index contributed by atoms with van der Waals surface area (Å²) in [6.45, 7) is 0.242. The highest BCUT2D eigenvalue weighted by atomic mass is 35.5. The number of nitrogens with zero attached hydrogens (tertiary/aromatic N) is 1. The van der Waals surface area contributed by atoms with E-state index in [0.29, 0.717) is 28.3 Å². The average molecular weight is 464 g/mol. The van der Waals surface area contributed by atoms with Crippen molar-refractivity contribution in [2.45, 2.75) is 12.5 Å². The molecule has 3 aromatic carbocycles. The maximum absolute atomic E-state index is 13.1. The van der Waals surface area contributed by atoms with Crippen LogP contribution in [0.5, 0.6) is 11.5 Å². The van der Waals surface area contributed by atoms with Gasteiger partial charge < -0.3 is 19.8 Å². The Balaban J connectivity index is 1.76. The minimum absolute atomic E-state index is 0.000219. The number of phenolic OH excluding ortho intramolecular Hbond substituents is 1. The zero-order chi connectivity index (χ0) is 23.5. The van der Waals surface area contributed by atoms with Crippen molar-refractivity contribution >= 4 is 29.1 Å². The minimum atomic E-state index is -0.841. The Hall–Kier alpha value is -3.77. The Morgan fingerprint density at radius 1 is 1.03 bits per heavy atom. The van der Waals surface area contributed by atoms with Crippen LogP contribution in [0.25, 0.3) is 5.76 Å². The second kappa shape index (κ2) is 9.38. The lowest BCUT2D eigenvalue weighted by molar-refractivity contribution is -0.139. The number of rotatable bonds is 6. The number of Topliss-reactive ketones (excluding diaryl/α,β-unsaturated/α-hetero) is 1. The van der Waals surface area contributed by atoms with Gasteiger partial charge >= 0.3 is 0 Å². The zero-order valence-corrected chi connectivity index (χ0v) is 18.6. The predicted octanol–water partition coefficient (Wildman–Crippen LogP) is 4.72. The van der Waals surface area contributed by atoms with Crippen LogP contribution in [0.4, 0.5) is 0 Å². The lowest BCUT2D eigenvalue weighted by Crippen LogP contribution is -2.31. The van der Waals surface area contributed by atoms with E-state index in [4.69, 9.17) is 16.3 Å². The van der Waals surface area contributed by atoms with E-state index in [1.54, 1.807) is 48.5 Å². The highest BCUT2D eigenvalue weighted by Gasteiger charge is 2.45. The number of amides is 1. The van der Waals surface area contributed by atoms with Crippen LogP contribution in [0.1, 0.15) is 22.7 Å². The van der Waals surface area contributed by atoms with Crippen molar-refractivity contribution in [1.29, 1.82) is 0 Å². The lowest BCUT2D eigenvalue weighted by Gasteiger charge is -2.25. The van der Waals surface area contributed by atoms with Crippen LogP contribution in [-0.4, -0.2) is 40.5 Å². The summed E-state index contributed by atoms with van der Waals surface area (Å²) in [5.41, 5.74) is 1.84. The number of hydrogen-bond acceptors (Lipinski definition) is 5. The molecule has 1 fully saturated rings. The van der Waals surface area contributed by atoms with Gasteiger partial charge in [0.15, 0.2) is 0 Å². The Kier molecular flexibility index (Phi) is 6.38. The van der Waals surface area contributed by atoms with Gasteiger partial charge in [0, 0.05) is 17.1 Å². The molecular formula is C26H22ClNO5. The minimum Gasteiger partial charge on any atom is -0.508 e. The SMILES string of the molecule is COc1ccc(/C(O)=C2/C(=O)C(=O)N(CCc3ccc(Cl)cc3)C2c2cccc(O)c2)cc1. The summed E-state index contributed by atoms with van der Waals surface area (Å²) in [7, 11) is 1.53.